The maximum absolute atomic E-state index is 13.3. The van der Waals surface area contributed by atoms with Gasteiger partial charge in [0.25, 0.3) is 0 Å². The Kier molecular flexibility index (Phi) is 7.64. The molecule has 0 saturated carbocycles. The van der Waals surface area contributed by atoms with Crippen LogP contribution in [0.5, 0.6) is 0 Å². The maximum atomic E-state index is 13.3. The number of thioether (sulfide) groups is 1. The molecule has 1 atom stereocenters. The summed E-state index contributed by atoms with van der Waals surface area (Å²) in [5.41, 5.74) is 2.27. The highest BCUT2D eigenvalue weighted by Gasteiger charge is 2.26. The van der Waals surface area contributed by atoms with Gasteiger partial charge in [-0.1, -0.05) is 55.5 Å². The second-order valence-electron chi connectivity index (χ2n) is 8.25. The van der Waals surface area contributed by atoms with Gasteiger partial charge in [0, 0.05) is 17.9 Å². The van der Waals surface area contributed by atoms with Gasteiger partial charge in [-0.15, -0.1) is 11.8 Å². The highest BCUT2D eigenvalue weighted by Crippen LogP contribution is 2.34. The second-order valence-corrected chi connectivity index (χ2v) is 10.4. The molecule has 1 amide bonds. The molecule has 0 aliphatic carbocycles. The van der Waals surface area contributed by atoms with Crippen LogP contribution in [0, 0.1) is 0 Å². The lowest BCUT2D eigenvalue weighted by atomic mass is 10.0. The lowest BCUT2D eigenvalue weighted by Crippen LogP contribution is -2.37. The third kappa shape index (κ3) is 5.68. The zero-order valence-corrected chi connectivity index (χ0v) is 19.9. The molecule has 4 nitrogen and oxygen atoms in total. The van der Waals surface area contributed by atoms with Crippen molar-refractivity contribution in [1.29, 1.82) is 0 Å². The van der Waals surface area contributed by atoms with Crippen molar-refractivity contribution in [2.24, 2.45) is 0 Å². The number of aromatic nitrogens is 1. The number of benzene rings is 2. The molecular weight excluding hydrogens is 424 g/mol. The van der Waals surface area contributed by atoms with Gasteiger partial charge in [-0.05, 0) is 54.7 Å². The topological polar surface area (TPSA) is 42.4 Å². The normalized spacial score (nSPS) is 16.3. The van der Waals surface area contributed by atoms with Gasteiger partial charge in [-0.2, -0.15) is 0 Å². The van der Waals surface area contributed by atoms with Crippen molar-refractivity contribution in [3.63, 3.8) is 0 Å². The molecule has 2 heterocycles. The average molecular weight is 455 g/mol. The van der Waals surface area contributed by atoms with Crippen molar-refractivity contribution in [2.75, 3.05) is 23.8 Å². The quantitative estimate of drug-likeness (QED) is 0.273. The molecule has 1 fully saturated rings. The van der Waals surface area contributed by atoms with Crippen LogP contribution in [0.25, 0.3) is 10.2 Å². The largest absolute Gasteiger partial charge is 0.376 e. The third-order valence-corrected chi connectivity index (χ3v) is 7.69. The summed E-state index contributed by atoms with van der Waals surface area (Å²) in [6.45, 7) is 5.76. The summed E-state index contributed by atoms with van der Waals surface area (Å²) in [5, 5.41) is 0.805. The molecule has 3 aromatic rings. The van der Waals surface area contributed by atoms with Gasteiger partial charge in [0.05, 0.1) is 22.9 Å². The smallest absolute Gasteiger partial charge is 0.228 e. The van der Waals surface area contributed by atoms with Crippen LogP contribution in [-0.2, 0) is 9.53 Å². The Bertz CT molecular complexity index is 997. The lowest BCUT2D eigenvalue weighted by molar-refractivity contribution is -0.119. The Balaban J connectivity index is 1.48. The summed E-state index contributed by atoms with van der Waals surface area (Å²) in [7, 11) is 0. The molecule has 1 aliphatic heterocycles. The number of amides is 1. The van der Waals surface area contributed by atoms with Gasteiger partial charge >= 0.3 is 0 Å². The SMILES string of the molecule is CC(C)c1cccc2sc(N(CC3CCCO3)C(=O)CCCSc3ccccc3)nc12. The van der Waals surface area contributed by atoms with Crippen molar-refractivity contribution < 1.29 is 9.53 Å². The van der Waals surface area contributed by atoms with Crippen LogP contribution in [0.3, 0.4) is 0 Å². The molecular formula is C25H30N2O2S2. The fourth-order valence-electron chi connectivity index (χ4n) is 3.88. The van der Waals surface area contributed by atoms with Crippen LogP contribution in [0.1, 0.15) is 51.0 Å². The molecule has 1 aromatic heterocycles. The Morgan fingerprint density at radius 3 is 2.81 bits per heavy atom. The Morgan fingerprint density at radius 2 is 2.06 bits per heavy atom. The number of thiazole rings is 1. The second kappa shape index (κ2) is 10.6. The number of nitrogens with zero attached hydrogens (tertiary/aromatic N) is 2. The van der Waals surface area contributed by atoms with Crippen molar-refractivity contribution in [3.05, 3.63) is 54.1 Å². The zero-order valence-electron chi connectivity index (χ0n) is 18.3. The van der Waals surface area contributed by atoms with Crippen molar-refractivity contribution >= 4 is 44.4 Å². The first kappa shape index (κ1) is 22.3. The van der Waals surface area contributed by atoms with Gasteiger partial charge in [-0.3, -0.25) is 9.69 Å². The number of rotatable bonds is 9. The van der Waals surface area contributed by atoms with E-state index in [2.05, 4.69) is 56.3 Å². The molecule has 6 heteroatoms. The van der Waals surface area contributed by atoms with E-state index in [4.69, 9.17) is 9.72 Å². The highest BCUT2D eigenvalue weighted by molar-refractivity contribution is 7.99. The summed E-state index contributed by atoms with van der Waals surface area (Å²) >= 11 is 3.42. The Labute approximate surface area is 193 Å². The van der Waals surface area contributed by atoms with Crippen LogP contribution in [0.4, 0.5) is 5.13 Å². The fraction of sp³-hybridized carbons (Fsp3) is 0.440. The fourth-order valence-corrected chi connectivity index (χ4v) is 5.78. The van der Waals surface area contributed by atoms with Crippen LogP contribution < -0.4 is 4.90 Å². The molecule has 164 valence electrons. The molecule has 2 aromatic carbocycles. The number of ether oxygens (including phenoxy) is 1. The maximum Gasteiger partial charge on any atom is 0.228 e. The molecule has 0 spiro atoms. The first-order valence-electron chi connectivity index (χ1n) is 11.1. The summed E-state index contributed by atoms with van der Waals surface area (Å²) in [6, 6.07) is 16.7. The first-order valence-corrected chi connectivity index (χ1v) is 12.9. The Morgan fingerprint density at radius 1 is 1.23 bits per heavy atom. The van der Waals surface area contributed by atoms with Crippen LogP contribution in [0.15, 0.2) is 53.4 Å². The van der Waals surface area contributed by atoms with Gasteiger partial charge in [0.1, 0.15) is 0 Å². The van der Waals surface area contributed by atoms with Crippen molar-refractivity contribution in [1.82, 2.24) is 4.98 Å². The number of fused-ring (bicyclic) bond motifs is 1. The van der Waals surface area contributed by atoms with Crippen LogP contribution in [-0.4, -0.2) is 35.9 Å². The summed E-state index contributed by atoms with van der Waals surface area (Å²) < 4.78 is 7.00. The standard InChI is InChI=1S/C25H30N2O2S2/c1-18(2)21-12-6-13-22-24(21)26-25(31-22)27(17-19-9-7-15-29-19)23(28)14-8-16-30-20-10-4-3-5-11-20/h3-6,10-13,18-19H,7-9,14-17H2,1-2H3. The van der Waals surface area contributed by atoms with Crippen molar-refractivity contribution in [2.45, 2.75) is 56.4 Å². The van der Waals surface area contributed by atoms with E-state index in [1.54, 1.807) is 23.1 Å². The van der Waals surface area contributed by atoms with Crippen LogP contribution >= 0.6 is 23.1 Å². The Hall–Kier alpha value is -1.89. The number of para-hydroxylation sites is 1. The van der Waals surface area contributed by atoms with Gasteiger partial charge < -0.3 is 4.74 Å². The summed E-state index contributed by atoms with van der Waals surface area (Å²) in [5.74, 6) is 1.48. The molecule has 0 radical (unpaired) electrons. The average Bonchev–Trinajstić information content (AvgIpc) is 3.44. The van der Waals surface area contributed by atoms with E-state index in [0.29, 0.717) is 18.9 Å². The monoisotopic (exact) mass is 454 g/mol. The lowest BCUT2D eigenvalue weighted by Gasteiger charge is -2.23. The van der Waals surface area contributed by atoms with E-state index >= 15 is 0 Å². The molecule has 4 rings (SSSR count). The molecule has 1 aliphatic rings. The summed E-state index contributed by atoms with van der Waals surface area (Å²) in [4.78, 5) is 21.3. The van der Waals surface area contributed by atoms with Crippen LogP contribution in [0.2, 0.25) is 0 Å². The minimum absolute atomic E-state index is 0.110. The number of hydrogen-bond donors (Lipinski definition) is 0. The predicted molar refractivity (Wildman–Crippen MR) is 131 cm³/mol. The van der Waals surface area contributed by atoms with E-state index < -0.39 is 0 Å². The molecule has 31 heavy (non-hydrogen) atoms. The van der Waals surface area contributed by atoms with E-state index in [1.807, 2.05) is 11.0 Å². The number of anilines is 1. The minimum Gasteiger partial charge on any atom is -0.376 e. The van der Waals surface area contributed by atoms with E-state index in [1.165, 1.54) is 10.5 Å². The molecule has 0 N–H and O–H groups in total. The number of hydrogen-bond acceptors (Lipinski definition) is 5. The third-order valence-electron chi connectivity index (χ3n) is 5.55. The van der Waals surface area contributed by atoms with E-state index in [0.717, 1.165) is 47.0 Å². The minimum atomic E-state index is 0.110. The molecule has 1 unspecified atom stereocenters. The van der Waals surface area contributed by atoms with Gasteiger partial charge in [0.2, 0.25) is 5.91 Å². The summed E-state index contributed by atoms with van der Waals surface area (Å²) in [6.07, 6.45) is 3.56. The van der Waals surface area contributed by atoms with Crippen molar-refractivity contribution in [3.8, 4) is 0 Å². The highest BCUT2D eigenvalue weighted by atomic mass is 32.2. The number of carbonyl (C=O) groups excluding carboxylic acids is 1. The molecule has 1 saturated heterocycles. The van der Waals surface area contributed by atoms with E-state index in [-0.39, 0.29) is 12.0 Å². The molecule has 0 bridgehead atoms. The van der Waals surface area contributed by atoms with Gasteiger partial charge in [0.15, 0.2) is 5.13 Å². The number of carbonyl (C=O) groups is 1. The van der Waals surface area contributed by atoms with Gasteiger partial charge in [-0.25, -0.2) is 4.98 Å². The predicted octanol–water partition coefficient (Wildman–Crippen LogP) is 6.50. The zero-order chi connectivity index (χ0) is 21.6. The van der Waals surface area contributed by atoms with E-state index in [9.17, 15) is 4.79 Å². The first-order chi connectivity index (χ1) is 15.1.